The minimum Gasteiger partial charge on any atom is -0.497 e. The molecule has 150 valence electrons. The number of methoxy groups -OCH3 is 1. The van der Waals surface area contributed by atoms with E-state index in [4.69, 9.17) is 9.15 Å². The molecule has 1 aliphatic rings. The Kier molecular flexibility index (Phi) is 5.14. The molecule has 0 N–H and O–H groups in total. The van der Waals surface area contributed by atoms with Gasteiger partial charge in [-0.25, -0.2) is 0 Å². The van der Waals surface area contributed by atoms with Gasteiger partial charge in [0.05, 0.1) is 7.11 Å². The molecule has 1 aliphatic heterocycles. The molecular weight excluding hydrogens is 366 g/mol. The molecule has 0 unspecified atom stereocenters. The summed E-state index contributed by atoms with van der Waals surface area (Å²) in [5.41, 5.74) is 3.02. The molecule has 1 aromatic heterocycles. The number of nitrogens with zero attached hydrogens (tertiary/aromatic N) is 1. The zero-order valence-corrected chi connectivity index (χ0v) is 17.0. The monoisotopic (exact) mass is 391 g/mol. The van der Waals surface area contributed by atoms with Crippen LogP contribution in [0, 0.1) is 19.8 Å². The normalized spacial score (nSPS) is 16.8. The molecule has 1 amide bonds. The minimum atomic E-state index is -0.181. The van der Waals surface area contributed by atoms with Crippen LogP contribution in [0.15, 0.2) is 46.9 Å². The van der Waals surface area contributed by atoms with Crippen molar-refractivity contribution in [3.63, 3.8) is 0 Å². The summed E-state index contributed by atoms with van der Waals surface area (Å²) < 4.78 is 10.8. The Hall–Kier alpha value is -3.08. The number of carbonyl (C=O) groups excluding carboxylic acids is 2. The summed E-state index contributed by atoms with van der Waals surface area (Å²) in [5.74, 6) is 1.45. The average Bonchev–Trinajstić information content (AvgIpc) is 3.11. The number of amides is 1. The lowest BCUT2D eigenvalue weighted by Gasteiger charge is -2.32. The van der Waals surface area contributed by atoms with E-state index in [9.17, 15) is 9.59 Å². The largest absolute Gasteiger partial charge is 0.497 e. The van der Waals surface area contributed by atoms with Gasteiger partial charge in [0.1, 0.15) is 17.1 Å². The first-order chi connectivity index (χ1) is 14.0. The van der Waals surface area contributed by atoms with Crippen LogP contribution in [0.3, 0.4) is 0 Å². The predicted octanol–water partition coefficient (Wildman–Crippen LogP) is 4.79. The van der Waals surface area contributed by atoms with Gasteiger partial charge in [0.15, 0.2) is 5.78 Å². The number of furan rings is 1. The van der Waals surface area contributed by atoms with Crippen molar-refractivity contribution in [2.75, 3.05) is 20.2 Å². The Morgan fingerprint density at radius 2 is 1.93 bits per heavy atom. The summed E-state index contributed by atoms with van der Waals surface area (Å²) in [6.45, 7) is 4.94. The number of aryl methyl sites for hydroxylation is 2. The fourth-order valence-electron chi connectivity index (χ4n) is 4.13. The third-order valence-electron chi connectivity index (χ3n) is 5.66. The van der Waals surface area contributed by atoms with Crippen molar-refractivity contribution in [1.82, 2.24) is 4.90 Å². The van der Waals surface area contributed by atoms with Crippen LogP contribution < -0.4 is 4.74 Å². The number of carbonyl (C=O) groups is 2. The van der Waals surface area contributed by atoms with Crippen molar-refractivity contribution in [2.45, 2.75) is 26.7 Å². The first kappa shape index (κ1) is 19.2. The third kappa shape index (κ3) is 3.77. The molecule has 0 saturated carbocycles. The van der Waals surface area contributed by atoms with Crippen LogP contribution in [0.1, 0.15) is 44.9 Å². The highest BCUT2D eigenvalue weighted by molar-refractivity contribution is 6.01. The molecule has 5 nitrogen and oxygen atoms in total. The van der Waals surface area contributed by atoms with Gasteiger partial charge >= 0.3 is 0 Å². The number of ketones is 1. The molecule has 2 heterocycles. The lowest BCUT2D eigenvalue weighted by molar-refractivity contribution is 0.0637. The highest BCUT2D eigenvalue weighted by Crippen LogP contribution is 2.27. The molecule has 29 heavy (non-hydrogen) atoms. The van der Waals surface area contributed by atoms with E-state index in [1.54, 1.807) is 18.1 Å². The van der Waals surface area contributed by atoms with Crippen LogP contribution >= 0.6 is 0 Å². The number of hydrogen-bond donors (Lipinski definition) is 0. The lowest BCUT2D eigenvalue weighted by Crippen LogP contribution is -2.42. The second-order valence-corrected chi connectivity index (χ2v) is 7.75. The number of benzene rings is 2. The van der Waals surface area contributed by atoms with E-state index in [1.807, 2.05) is 50.2 Å². The Balaban J connectivity index is 1.52. The SMILES string of the molecule is COc1ccc(C(=O)[C@H]2CCCN(C(=O)c3ccc4oc(C)cc4c3)C2)c(C)c1. The maximum atomic E-state index is 13.1. The van der Waals surface area contributed by atoms with Crippen LogP contribution in [-0.4, -0.2) is 36.8 Å². The van der Waals surface area contributed by atoms with Gasteiger partial charge in [-0.15, -0.1) is 0 Å². The molecule has 0 aliphatic carbocycles. The second kappa shape index (κ2) is 7.74. The number of Topliss-reactive ketones (excluding diaryl/α,β-unsaturated/α-hetero) is 1. The summed E-state index contributed by atoms with van der Waals surface area (Å²) >= 11 is 0. The van der Waals surface area contributed by atoms with Crippen LogP contribution in [-0.2, 0) is 0 Å². The van der Waals surface area contributed by atoms with Crippen LogP contribution in [0.4, 0.5) is 0 Å². The maximum Gasteiger partial charge on any atom is 0.253 e. The van der Waals surface area contributed by atoms with E-state index in [0.717, 1.165) is 40.9 Å². The van der Waals surface area contributed by atoms with Crippen LogP contribution in [0.5, 0.6) is 5.75 Å². The van der Waals surface area contributed by atoms with Gasteiger partial charge in [0.25, 0.3) is 5.91 Å². The predicted molar refractivity (Wildman–Crippen MR) is 112 cm³/mol. The van der Waals surface area contributed by atoms with E-state index >= 15 is 0 Å². The smallest absolute Gasteiger partial charge is 0.253 e. The van der Waals surface area contributed by atoms with E-state index in [2.05, 4.69) is 0 Å². The summed E-state index contributed by atoms with van der Waals surface area (Å²) in [6, 6.07) is 12.9. The number of piperidine rings is 1. The minimum absolute atomic E-state index is 0.0327. The van der Waals surface area contributed by atoms with Gasteiger partial charge in [-0.3, -0.25) is 9.59 Å². The van der Waals surface area contributed by atoms with Gasteiger partial charge in [0.2, 0.25) is 0 Å². The average molecular weight is 391 g/mol. The Morgan fingerprint density at radius 1 is 1.10 bits per heavy atom. The number of fused-ring (bicyclic) bond motifs is 1. The highest BCUT2D eigenvalue weighted by Gasteiger charge is 2.30. The molecule has 0 radical (unpaired) electrons. The molecule has 4 rings (SSSR count). The van der Waals surface area contributed by atoms with E-state index < -0.39 is 0 Å². The van der Waals surface area contributed by atoms with E-state index in [-0.39, 0.29) is 17.6 Å². The Bertz CT molecular complexity index is 1080. The van der Waals surface area contributed by atoms with E-state index in [1.165, 1.54) is 0 Å². The summed E-state index contributed by atoms with van der Waals surface area (Å²) in [4.78, 5) is 28.0. The molecule has 3 aromatic rings. The van der Waals surface area contributed by atoms with Crippen molar-refractivity contribution < 1.29 is 18.7 Å². The highest BCUT2D eigenvalue weighted by atomic mass is 16.5. The summed E-state index contributed by atoms with van der Waals surface area (Å²) in [5, 5.41) is 0.923. The Morgan fingerprint density at radius 3 is 2.69 bits per heavy atom. The molecule has 0 bridgehead atoms. The van der Waals surface area contributed by atoms with Crippen molar-refractivity contribution in [1.29, 1.82) is 0 Å². The number of ether oxygens (including phenoxy) is 1. The van der Waals surface area contributed by atoms with Gasteiger partial charge in [-0.05, 0) is 74.7 Å². The molecule has 1 fully saturated rings. The molecule has 5 heteroatoms. The van der Waals surface area contributed by atoms with Gasteiger partial charge in [-0.1, -0.05) is 0 Å². The zero-order valence-electron chi connectivity index (χ0n) is 17.0. The fraction of sp³-hybridized carbons (Fsp3) is 0.333. The first-order valence-electron chi connectivity index (χ1n) is 9.94. The van der Waals surface area contributed by atoms with Crippen molar-refractivity contribution in [3.8, 4) is 5.75 Å². The van der Waals surface area contributed by atoms with Crippen LogP contribution in [0.2, 0.25) is 0 Å². The number of rotatable bonds is 4. The van der Waals surface area contributed by atoms with Crippen molar-refractivity contribution in [3.05, 3.63) is 64.9 Å². The van der Waals surface area contributed by atoms with Crippen molar-refractivity contribution in [2.24, 2.45) is 5.92 Å². The second-order valence-electron chi connectivity index (χ2n) is 7.75. The standard InChI is InChI=1S/C24H25NO4/c1-15-11-20(28-3)7-8-21(15)23(26)18-5-4-10-25(14-18)24(27)17-6-9-22-19(13-17)12-16(2)29-22/h6-9,11-13,18H,4-5,10,14H2,1-3H3/t18-/m0/s1. The lowest BCUT2D eigenvalue weighted by atomic mass is 9.88. The maximum absolute atomic E-state index is 13.1. The summed E-state index contributed by atoms with van der Waals surface area (Å²) in [6.07, 6.45) is 1.62. The number of likely N-dealkylation sites (tertiary alicyclic amines) is 1. The number of hydrogen-bond acceptors (Lipinski definition) is 4. The summed E-state index contributed by atoms with van der Waals surface area (Å²) in [7, 11) is 1.61. The fourth-order valence-corrected chi connectivity index (χ4v) is 4.13. The Labute approximate surface area is 170 Å². The van der Waals surface area contributed by atoms with Crippen molar-refractivity contribution >= 4 is 22.7 Å². The molecule has 1 atom stereocenters. The van der Waals surface area contributed by atoms with Crippen LogP contribution in [0.25, 0.3) is 11.0 Å². The third-order valence-corrected chi connectivity index (χ3v) is 5.66. The first-order valence-corrected chi connectivity index (χ1v) is 9.94. The van der Waals surface area contributed by atoms with E-state index in [0.29, 0.717) is 24.2 Å². The molecule has 0 spiro atoms. The topological polar surface area (TPSA) is 59.8 Å². The quantitative estimate of drug-likeness (QED) is 0.600. The molecule has 2 aromatic carbocycles. The van der Waals surface area contributed by atoms with Gasteiger partial charge < -0.3 is 14.1 Å². The van der Waals surface area contributed by atoms with Gasteiger partial charge in [0, 0.05) is 35.5 Å². The molecule has 1 saturated heterocycles. The van der Waals surface area contributed by atoms with Gasteiger partial charge in [-0.2, -0.15) is 0 Å². The molecular formula is C24H25NO4. The zero-order chi connectivity index (χ0) is 20.5.